The van der Waals surface area contributed by atoms with Crippen molar-refractivity contribution in [3.8, 4) is 67.2 Å². The van der Waals surface area contributed by atoms with E-state index in [4.69, 9.17) is 18.8 Å². The second-order valence-electron chi connectivity index (χ2n) is 15.3. The summed E-state index contributed by atoms with van der Waals surface area (Å²) in [5, 5.41) is 5.06. The van der Waals surface area contributed by atoms with Gasteiger partial charge < -0.3 is 8.83 Å². The van der Waals surface area contributed by atoms with Crippen LogP contribution in [0.3, 0.4) is 0 Å². The van der Waals surface area contributed by atoms with Crippen molar-refractivity contribution in [2.24, 2.45) is 0 Å². The predicted molar refractivity (Wildman–Crippen MR) is 247 cm³/mol. The van der Waals surface area contributed by atoms with Crippen molar-refractivity contribution < 1.29 is 8.83 Å². The van der Waals surface area contributed by atoms with Gasteiger partial charge in [0, 0.05) is 32.7 Å². The number of hydrogen-bond acceptors (Lipinski definition) is 4. The second kappa shape index (κ2) is 13.8. The van der Waals surface area contributed by atoms with Crippen LogP contribution in [0.25, 0.3) is 122 Å². The largest absolute Gasteiger partial charge is 0.456 e. The molecule has 0 spiro atoms. The standard InChI is InChI=1S/C56H34N2O2/c1-3-14-35(15-4-1)41-32-42(36-16-5-2-6-17-36)34-43(33-41)39-20-11-18-37(30-39)38-19-12-21-40(31-38)56-57-53(48-25-13-24-45-44-22-7-9-26-49(44)60-55(45)48)47-28-29-51-52(54(47)58-56)46-23-8-10-27-50(46)59-51/h1-34H. The molecule has 0 amide bonds. The lowest BCUT2D eigenvalue weighted by molar-refractivity contribution is 0.669. The molecule has 0 aliphatic heterocycles. The molecule has 12 rings (SSSR count). The highest BCUT2D eigenvalue weighted by Crippen LogP contribution is 2.42. The number of benzene rings is 9. The van der Waals surface area contributed by atoms with Crippen LogP contribution in [0, 0.1) is 0 Å². The number of para-hydroxylation sites is 3. The molecule has 3 heterocycles. The smallest absolute Gasteiger partial charge is 0.160 e. The number of hydrogen-bond donors (Lipinski definition) is 0. The van der Waals surface area contributed by atoms with Gasteiger partial charge in [-0.05, 0) is 105 Å². The first-order valence-corrected chi connectivity index (χ1v) is 20.2. The third-order valence-corrected chi connectivity index (χ3v) is 11.7. The average Bonchev–Trinajstić information content (AvgIpc) is 3.91. The molecular formula is C56H34N2O2. The van der Waals surface area contributed by atoms with Crippen LogP contribution in [0.4, 0.5) is 0 Å². The minimum atomic E-state index is 0.629. The Labute approximate surface area is 345 Å². The summed E-state index contributed by atoms with van der Waals surface area (Å²) in [7, 11) is 0. The molecule has 4 nitrogen and oxygen atoms in total. The Morgan fingerprint density at radius 3 is 1.50 bits per heavy atom. The van der Waals surface area contributed by atoms with Crippen LogP contribution in [0.1, 0.15) is 0 Å². The van der Waals surface area contributed by atoms with E-state index >= 15 is 0 Å². The summed E-state index contributed by atoms with van der Waals surface area (Å²) in [4.78, 5) is 10.8. The Morgan fingerprint density at radius 1 is 0.300 bits per heavy atom. The van der Waals surface area contributed by atoms with E-state index in [0.717, 1.165) is 93.9 Å². The van der Waals surface area contributed by atoms with E-state index in [2.05, 4.69) is 170 Å². The van der Waals surface area contributed by atoms with E-state index in [9.17, 15) is 0 Å². The molecule has 12 aromatic rings. The second-order valence-corrected chi connectivity index (χ2v) is 15.3. The summed E-state index contributed by atoms with van der Waals surface area (Å²) in [5.41, 5.74) is 16.0. The fourth-order valence-electron chi connectivity index (χ4n) is 8.78. The third kappa shape index (κ3) is 5.69. The van der Waals surface area contributed by atoms with Crippen molar-refractivity contribution in [3.63, 3.8) is 0 Å². The van der Waals surface area contributed by atoms with Crippen LogP contribution < -0.4 is 0 Å². The van der Waals surface area contributed by atoms with E-state index in [1.54, 1.807) is 0 Å². The Hall–Kier alpha value is -8.08. The maximum absolute atomic E-state index is 6.59. The van der Waals surface area contributed by atoms with Crippen LogP contribution in [0.15, 0.2) is 215 Å². The Bertz CT molecular complexity index is 3540. The first kappa shape index (κ1) is 34.0. The molecule has 0 radical (unpaired) electrons. The normalized spacial score (nSPS) is 11.7. The van der Waals surface area contributed by atoms with Crippen LogP contribution in [-0.2, 0) is 0 Å². The molecule has 60 heavy (non-hydrogen) atoms. The van der Waals surface area contributed by atoms with E-state index in [-0.39, 0.29) is 0 Å². The van der Waals surface area contributed by atoms with Gasteiger partial charge in [-0.2, -0.15) is 0 Å². The molecule has 0 unspecified atom stereocenters. The van der Waals surface area contributed by atoms with Crippen molar-refractivity contribution in [1.29, 1.82) is 0 Å². The summed E-state index contributed by atoms with van der Waals surface area (Å²) >= 11 is 0. The lowest BCUT2D eigenvalue weighted by atomic mass is 9.92. The van der Waals surface area contributed by atoms with E-state index in [1.807, 2.05) is 36.4 Å². The van der Waals surface area contributed by atoms with Crippen LogP contribution >= 0.6 is 0 Å². The first-order valence-electron chi connectivity index (χ1n) is 20.2. The van der Waals surface area contributed by atoms with Crippen LogP contribution in [0.5, 0.6) is 0 Å². The Kier molecular flexibility index (Phi) is 7.82. The lowest BCUT2D eigenvalue weighted by Crippen LogP contribution is -1.96. The topological polar surface area (TPSA) is 52.1 Å². The summed E-state index contributed by atoms with van der Waals surface area (Å²) in [5.74, 6) is 0.629. The zero-order chi connectivity index (χ0) is 39.6. The van der Waals surface area contributed by atoms with Gasteiger partial charge in [0.05, 0.1) is 16.6 Å². The van der Waals surface area contributed by atoms with E-state index < -0.39 is 0 Å². The van der Waals surface area contributed by atoms with Crippen molar-refractivity contribution in [1.82, 2.24) is 9.97 Å². The minimum Gasteiger partial charge on any atom is -0.456 e. The molecule has 0 fully saturated rings. The third-order valence-electron chi connectivity index (χ3n) is 11.7. The van der Waals surface area contributed by atoms with Gasteiger partial charge in [0.1, 0.15) is 22.3 Å². The van der Waals surface area contributed by atoms with E-state index in [0.29, 0.717) is 5.82 Å². The Balaban J connectivity index is 1.03. The molecule has 0 bridgehead atoms. The Morgan fingerprint density at radius 2 is 0.800 bits per heavy atom. The van der Waals surface area contributed by atoms with Crippen molar-refractivity contribution in [2.45, 2.75) is 0 Å². The summed E-state index contributed by atoms with van der Waals surface area (Å²) < 4.78 is 13.0. The maximum atomic E-state index is 6.59. The number of fused-ring (bicyclic) bond motifs is 8. The molecular weight excluding hydrogens is 733 g/mol. The highest BCUT2D eigenvalue weighted by molar-refractivity contribution is 6.20. The zero-order valence-corrected chi connectivity index (χ0v) is 32.3. The summed E-state index contributed by atoms with van der Waals surface area (Å²) in [6.45, 7) is 0. The molecule has 4 heteroatoms. The lowest BCUT2D eigenvalue weighted by Gasteiger charge is -2.13. The summed E-state index contributed by atoms with van der Waals surface area (Å²) in [6, 6.07) is 72.3. The van der Waals surface area contributed by atoms with Crippen molar-refractivity contribution in [3.05, 3.63) is 206 Å². The van der Waals surface area contributed by atoms with Crippen molar-refractivity contribution >= 4 is 54.8 Å². The highest BCUT2D eigenvalue weighted by atomic mass is 16.3. The average molecular weight is 767 g/mol. The zero-order valence-electron chi connectivity index (χ0n) is 32.3. The molecule has 0 atom stereocenters. The summed E-state index contributed by atoms with van der Waals surface area (Å²) in [6.07, 6.45) is 0. The highest BCUT2D eigenvalue weighted by Gasteiger charge is 2.21. The van der Waals surface area contributed by atoms with Crippen LogP contribution in [-0.4, -0.2) is 9.97 Å². The van der Waals surface area contributed by atoms with Gasteiger partial charge in [0.15, 0.2) is 5.82 Å². The fraction of sp³-hybridized carbons (Fsp3) is 0. The van der Waals surface area contributed by atoms with Crippen molar-refractivity contribution in [2.75, 3.05) is 0 Å². The molecule has 9 aromatic carbocycles. The van der Waals surface area contributed by atoms with Gasteiger partial charge in [-0.15, -0.1) is 0 Å². The maximum Gasteiger partial charge on any atom is 0.160 e. The monoisotopic (exact) mass is 766 g/mol. The van der Waals surface area contributed by atoms with Gasteiger partial charge in [-0.1, -0.05) is 146 Å². The molecule has 0 aliphatic rings. The molecule has 0 N–H and O–H groups in total. The number of nitrogens with zero attached hydrogens (tertiary/aromatic N) is 2. The minimum absolute atomic E-state index is 0.629. The molecule has 0 saturated heterocycles. The molecule has 0 saturated carbocycles. The van der Waals surface area contributed by atoms with Gasteiger partial charge in [-0.3, -0.25) is 0 Å². The fourth-order valence-corrected chi connectivity index (χ4v) is 8.78. The van der Waals surface area contributed by atoms with E-state index in [1.165, 1.54) is 22.3 Å². The number of rotatable bonds is 6. The predicted octanol–water partition coefficient (Wildman–Crippen LogP) is 15.4. The van der Waals surface area contributed by atoms with Gasteiger partial charge in [-0.25, -0.2) is 9.97 Å². The SMILES string of the molecule is c1ccc(-c2cc(-c3ccccc3)cc(-c3cccc(-c4cccc(-c5nc(-c6cccc7c6oc6ccccc67)c6ccc7oc8ccccc8c7c6n5)c4)c3)c2)cc1. The first-order chi connectivity index (χ1) is 29.7. The van der Waals surface area contributed by atoms with Gasteiger partial charge in [0.25, 0.3) is 0 Å². The number of furan rings is 2. The molecule has 280 valence electrons. The van der Waals surface area contributed by atoms with Gasteiger partial charge >= 0.3 is 0 Å². The van der Waals surface area contributed by atoms with Gasteiger partial charge in [0.2, 0.25) is 0 Å². The molecule has 0 aliphatic carbocycles. The van der Waals surface area contributed by atoms with Crippen LogP contribution in [0.2, 0.25) is 0 Å². The molecule has 3 aromatic heterocycles. The number of aromatic nitrogens is 2. The quantitative estimate of drug-likeness (QED) is 0.169.